The maximum absolute atomic E-state index is 12.9. The number of hydrazone groups is 1. The van der Waals surface area contributed by atoms with Crippen LogP contribution in [0.2, 0.25) is 0 Å². The summed E-state index contributed by atoms with van der Waals surface area (Å²) in [6.07, 6.45) is 0.805. The smallest absolute Gasteiger partial charge is 0.216 e. The van der Waals surface area contributed by atoms with Crippen LogP contribution in [0.1, 0.15) is 23.6 Å². The number of aliphatic imine (C=N–C) groups is 1. The van der Waals surface area contributed by atoms with Crippen LogP contribution in [0.5, 0.6) is 0 Å². The van der Waals surface area contributed by atoms with Crippen LogP contribution < -0.4 is 10.7 Å². The van der Waals surface area contributed by atoms with Crippen LogP contribution in [0.3, 0.4) is 0 Å². The van der Waals surface area contributed by atoms with Crippen LogP contribution in [0.25, 0.3) is 0 Å². The summed E-state index contributed by atoms with van der Waals surface area (Å²) in [4.78, 5) is 15.4. The Morgan fingerprint density at radius 2 is 1.89 bits per heavy atom. The Hall–Kier alpha value is -2.67. The van der Waals surface area contributed by atoms with Gasteiger partial charge in [0.05, 0.1) is 12.3 Å². The zero-order chi connectivity index (χ0) is 19.1. The second-order valence-corrected chi connectivity index (χ2v) is 7.10. The lowest BCUT2D eigenvalue weighted by Crippen LogP contribution is -2.25. The second kappa shape index (κ2) is 9.32. The van der Waals surface area contributed by atoms with E-state index in [9.17, 15) is 9.18 Å². The molecular formula is C20H21FN4OS. The van der Waals surface area contributed by atoms with Crippen molar-refractivity contribution >= 4 is 28.5 Å². The molecule has 0 fully saturated rings. The molecule has 140 valence electrons. The molecule has 0 saturated carbocycles. The fourth-order valence-electron chi connectivity index (χ4n) is 2.55. The SMILES string of the molecule is CC(=O)NCCc1ccc(C2=NNC(=NCc3ccc(F)cc3)SC2)cc1. The van der Waals surface area contributed by atoms with Crippen LogP contribution in [0, 0.1) is 5.82 Å². The number of carbonyl (C=O) groups is 1. The molecule has 0 saturated heterocycles. The van der Waals surface area contributed by atoms with E-state index in [0.29, 0.717) is 13.1 Å². The standard InChI is InChI=1S/C20H21FN4OS/c1-14(26)22-11-10-15-2-6-17(7-3-15)19-13-27-20(25-24-19)23-12-16-4-8-18(21)9-5-16/h2-9H,10-13H2,1H3,(H,22,26)(H,23,25). The quantitative estimate of drug-likeness (QED) is 0.804. The first-order valence-electron chi connectivity index (χ1n) is 8.68. The average molecular weight is 384 g/mol. The first kappa shape index (κ1) is 19.1. The molecule has 3 rings (SSSR count). The summed E-state index contributed by atoms with van der Waals surface area (Å²) in [5, 5.41) is 7.98. The van der Waals surface area contributed by atoms with Crippen molar-refractivity contribution in [2.75, 3.05) is 12.3 Å². The highest BCUT2D eigenvalue weighted by Crippen LogP contribution is 2.15. The van der Waals surface area contributed by atoms with E-state index < -0.39 is 0 Å². The second-order valence-electron chi connectivity index (χ2n) is 6.14. The highest BCUT2D eigenvalue weighted by molar-refractivity contribution is 8.14. The molecule has 27 heavy (non-hydrogen) atoms. The molecule has 7 heteroatoms. The van der Waals surface area contributed by atoms with Crippen LogP contribution in [0.4, 0.5) is 4.39 Å². The summed E-state index contributed by atoms with van der Waals surface area (Å²) in [5.41, 5.74) is 7.15. The Morgan fingerprint density at radius 3 is 2.52 bits per heavy atom. The van der Waals surface area contributed by atoms with Gasteiger partial charge in [0.1, 0.15) is 5.82 Å². The highest BCUT2D eigenvalue weighted by Gasteiger charge is 2.13. The van der Waals surface area contributed by atoms with E-state index in [2.05, 4.69) is 33.0 Å². The van der Waals surface area contributed by atoms with Crippen molar-refractivity contribution in [1.82, 2.24) is 10.7 Å². The van der Waals surface area contributed by atoms with Crippen molar-refractivity contribution in [1.29, 1.82) is 0 Å². The van der Waals surface area contributed by atoms with Gasteiger partial charge in [0, 0.05) is 19.2 Å². The molecule has 2 aromatic rings. The molecule has 1 aliphatic rings. The molecule has 0 aliphatic carbocycles. The summed E-state index contributed by atoms with van der Waals surface area (Å²) in [5.74, 6) is 0.482. The Balaban J connectivity index is 1.54. The van der Waals surface area contributed by atoms with Crippen LogP contribution in [-0.2, 0) is 17.8 Å². The van der Waals surface area contributed by atoms with Gasteiger partial charge in [-0.05, 0) is 35.2 Å². The number of nitrogens with zero attached hydrogens (tertiary/aromatic N) is 2. The number of hydrogen-bond acceptors (Lipinski definition) is 4. The predicted octanol–water partition coefficient (Wildman–Crippen LogP) is 3.10. The molecular weight excluding hydrogens is 363 g/mol. The first-order valence-corrected chi connectivity index (χ1v) is 9.67. The topological polar surface area (TPSA) is 65.8 Å². The minimum atomic E-state index is -0.244. The maximum atomic E-state index is 12.9. The molecule has 0 unspecified atom stereocenters. The van der Waals surface area contributed by atoms with Crippen LogP contribution in [-0.4, -0.2) is 29.1 Å². The van der Waals surface area contributed by atoms with Gasteiger partial charge in [0.2, 0.25) is 5.91 Å². The van der Waals surface area contributed by atoms with Crippen molar-refractivity contribution in [2.24, 2.45) is 10.1 Å². The van der Waals surface area contributed by atoms with Crippen molar-refractivity contribution in [2.45, 2.75) is 19.9 Å². The van der Waals surface area contributed by atoms with Gasteiger partial charge in [0.25, 0.3) is 0 Å². The van der Waals surface area contributed by atoms with Gasteiger partial charge in [-0.25, -0.2) is 4.39 Å². The first-order chi connectivity index (χ1) is 13.1. The van der Waals surface area contributed by atoms with Crippen LogP contribution >= 0.6 is 11.8 Å². The minimum absolute atomic E-state index is 0.0109. The number of benzene rings is 2. The molecule has 1 aliphatic heterocycles. The van der Waals surface area contributed by atoms with Gasteiger partial charge < -0.3 is 5.32 Å². The lowest BCUT2D eigenvalue weighted by atomic mass is 10.1. The van der Waals surface area contributed by atoms with E-state index in [-0.39, 0.29) is 11.7 Å². The minimum Gasteiger partial charge on any atom is -0.356 e. The molecule has 0 atom stereocenters. The van der Waals surface area contributed by atoms with Gasteiger partial charge in [-0.15, -0.1) is 0 Å². The number of carbonyl (C=O) groups excluding carboxylic acids is 1. The highest BCUT2D eigenvalue weighted by atomic mass is 32.2. The molecule has 1 amide bonds. The number of rotatable bonds is 6. The lowest BCUT2D eigenvalue weighted by Gasteiger charge is -2.15. The average Bonchev–Trinajstić information content (AvgIpc) is 2.68. The van der Waals surface area contributed by atoms with E-state index >= 15 is 0 Å². The normalized spacial score (nSPS) is 15.2. The van der Waals surface area contributed by atoms with E-state index in [1.54, 1.807) is 23.9 Å². The number of amides is 1. The van der Waals surface area contributed by atoms with E-state index in [1.165, 1.54) is 24.6 Å². The van der Waals surface area contributed by atoms with Crippen molar-refractivity contribution in [3.05, 3.63) is 71.0 Å². The van der Waals surface area contributed by atoms with Crippen molar-refractivity contribution < 1.29 is 9.18 Å². The summed E-state index contributed by atoms with van der Waals surface area (Å²) in [7, 11) is 0. The van der Waals surface area contributed by atoms with Crippen molar-refractivity contribution in [3.8, 4) is 0 Å². The molecule has 2 aromatic carbocycles. The Bertz CT molecular complexity index is 847. The molecule has 2 N–H and O–H groups in total. The number of nitrogens with one attached hydrogen (secondary N) is 2. The summed E-state index contributed by atoms with van der Waals surface area (Å²) in [6, 6.07) is 14.5. The van der Waals surface area contributed by atoms with Gasteiger partial charge >= 0.3 is 0 Å². The third-order valence-corrected chi connectivity index (χ3v) is 4.94. The molecule has 0 radical (unpaired) electrons. The monoisotopic (exact) mass is 384 g/mol. The Morgan fingerprint density at radius 1 is 1.19 bits per heavy atom. The number of amidine groups is 1. The third-order valence-electron chi connectivity index (χ3n) is 4.03. The molecule has 1 heterocycles. The zero-order valence-corrected chi connectivity index (χ0v) is 15.9. The lowest BCUT2D eigenvalue weighted by molar-refractivity contribution is -0.118. The molecule has 5 nitrogen and oxygen atoms in total. The Labute approximate surface area is 162 Å². The fourth-order valence-corrected chi connectivity index (χ4v) is 3.32. The van der Waals surface area contributed by atoms with E-state index in [0.717, 1.165) is 34.2 Å². The van der Waals surface area contributed by atoms with Gasteiger partial charge in [0.15, 0.2) is 5.17 Å². The van der Waals surface area contributed by atoms with Crippen molar-refractivity contribution in [3.63, 3.8) is 0 Å². The largest absolute Gasteiger partial charge is 0.356 e. The number of thioether (sulfide) groups is 1. The van der Waals surface area contributed by atoms with E-state index in [4.69, 9.17) is 0 Å². The number of halogens is 1. The molecule has 0 bridgehead atoms. The zero-order valence-electron chi connectivity index (χ0n) is 15.0. The fraction of sp³-hybridized carbons (Fsp3) is 0.250. The van der Waals surface area contributed by atoms with E-state index in [1.807, 2.05) is 12.1 Å². The number of hydrogen-bond donors (Lipinski definition) is 2. The summed E-state index contributed by atoms with van der Waals surface area (Å²) in [6.45, 7) is 2.65. The maximum Gasteiger partial charge on any atom is 0.216 e. The summed E-state index contributed by atoms with van der Waals surface area (Å²) >= 11 is 1.60. The Kier molecular flexibility index (Phi) is 6.59. The predicted molar refractivity (Wildman–Crippen MR) is 108 cm³/mol. The molecule has 0 spiro atoms. The molecule has 0 aromatic heterocycles. The van der Waals surface area contributed by atoms with Crippen LogP contribution in [0.15, 0.2) is 58.6 Å². The van der Waals surface area contributed by atoms with Gasteiger partial charge in [-0.3, -0.25) is 15.2 Å². The van der Waals surface area contributed by atoms with Gasteiger partial charge in [-0.2, -0.15) is 5.10 Å². The third kappa shape index (κ3) is 5.92. The van der Waals surface area contributed by atoms with Gasteiger partial charge in [-0.1, -0.05) is 48.2 Å². The summed E-state index contributed by atoms with van der Waals surface area (Å²) < 4.78 is 12.9.